The van der Waals surface area contributed by atoms with Crippen LogP contribution >= 0.6 is 0 Å². The predicted molar refractivity (Wildman–Crippen MR) is 81.1 cm³/mol. The van der Waals surface area contributed by atoms with E-state index in [-0.39, 0.29) is 0 Å². The van der Waals surface area contributed by atoms with Crippen LogP contribution in [-0.4, -0.2) is 32.3 Å². The van der Waals surface area contributed by atoms with Crippen LogP contribution in [0.2, 0.25) is 0 Å². The Kier molecular flexibility index (Phi) is 5.08. The van der Waals surface area contributed by atoms with Crippen molar-refractivity contribution in [2.24, 2.45) is 0 Å². The van der Waals surface area contributed by atoms with Gasteiger partial charge in [0, 0.05) is 24.3 Å². The molecule has 0 aromatic heterocycles. The Bertz CT molecular complexity index is 377. The zero-order chi connectivity index (χ0) is 13.7. The van der Waals surface area contributed by atoms with E-state index >= 15 is 0 Å². The van der Waals surface area contributed by atoms with Gasteiger partial charge >= 0.3 is 0 Å². The summed E-state index contributed by atoms with van der Waals surface area (Å²) in [6.07, 6.45) is 3.68. The second-order valence-electron chi connectivity index (χ2n) is 5.42. The zero-order valence-corrected chi connectivity index (χ0v) is 12.4. The summed E-state index contributed by atoms with van der Waals surface area (Å²) in [5.74, 6) is 0.927. The number of rotatable bonds is 5. The summed E-state index contributed by atoms with van der Waals surface area (Å²) in [7, 11) is 1.71. The Morgan fingerprint density at radius 3 is 2.63 bits per heavy atom. The number of hydrogen-bond acceptors (Lipinski definition) is 3. The highest BCUT2D eigenvalue weighted by atomic mass is 16.5. The van der Waals surface area contributed by atoms with Gasteiger partial charge in [0.1, 0.15) is 5.75 Å². The predicted octanol–water partition coefficient (Wildman–Crippen LogP) is 3.05. The minimum absolute atomic E-state index is 0.594. The Labute approximate surface area is 116 Å². The SMILES string of the molecule is CCCNC1CCN(c2ccc(OC)cc2)C(C)C1. The van der Waals surface area contributed by atoms with E-state index < -0.39 is 0 Å². The van der Waals surface area contributed by atoms with Crippen molar-refractivity contribution in [1.82, 2.24) is 5.32 Å². The fourth-order valence-corrected chi connectivity index (χ4v) is 2.86. The molecule has 0 bridgehead atoms. The molecule has 1 aromatic rings. The van der Waals surface area contributed by atoms with Gasteiger partial charge in [0.05, 0.1) is 7.11 Å². The van der Waals surface area contributed by atoms with E-state index in [2.05, 4.69) is 36.2 Å². The minimum atomic E-state index is 0.594. The highest BCUT2D eigenvalue weighted by Crippen LogP contribution is 2.26. The molecule has 1 heterocycles. The first kappa shape index (κ1) is 14.2. The van der Waals surface area contributed by atoms with E-state index in [9.17, 15) is 0 Å². The Morgan fingerprint density at radius 1 is 1.32 bits per heavy atom. The molecule has 106 valence electrons. The van der Waals surface area contributed by atoms with Crippen molar-refractivity contribution in [1.29, 1.82) is 0 Å². The summed E-state index contributed by atoms with van der Waals surface area (Å²) in [6, 6.07) is 9.69. The molecule has 1 aliphatic heterocycles. The number of nitrogens with one attached hydrogen (secondary N) is 1. The lowest BCUT2D eigenvalue weighted by molar-refractivity contribution is 0.368. The van der Waals surface area contributed by atoms with E-state index in [4.69, 9.17) is 4.74 Å². The van der Waals surface area contributed by atoms with Crippen LogP contribution in [0, 0.1) is 0 Å². The molecule has 3 nitrogen and oxygen atoms in total. The zero-order valence-electron chi connectivity index (χ0n) is 12.4. The number of benzene rings is 1. The number of nitrogens with zero attached hydrogens (tertiary/aromatic N) is 1. The van der Waals surface area contributed by atoms with Crippen molar-refractivity contribution in [2.75, 3.05) is 25.1 Å². The summed E-state index contributed by atoms with van der Waals surface area (Å²) in [4.78, 5) is 2.50. The van der Waals surface area contributed by atoms with Gasteiger partial charge in [-0.15, -0.1) is 0 Å². The van der Waals surface area contributed by atoms with Crippen molar-refractivity contribution in [2.45, 2.75) is 45.2 Å². The largest absolute Gasteiger partial charge is 0.497 e. The second-order valence-corrected chi connectivity index (χ2v) is 5.42. The summed E-state index contributed by atoms with van der Waals surface area (Å²) in [5.41, 5.74) is 1.31. The normalized spacial score (nSPS) is 23.4. The number of ether oxygens (including phenoxy) is 1. The molecule has 2 rings (SSSR count). The minimum Gasteiger partial charge on any atom is -0.497 e. The lowest BCUT2D eigenvalue weighted by atomic mass is 9.97. The van der Waals surface area contributed by atoms with Gasteiger partial charge in [-0.25, -0.2) is 0 Å². The molecule has 1 aromatic carbocycles. The third-order valence-corrected chi connectivity index (χ3v) is 3.96. The van der Waals surface area contributed by atoms with Crippen LogP contribution in [0.25, 0.3) is 0 Å². The number of hydrogen-bond donors (Lipinski definition) is 1. The van der Waals surface area contributed by atoms with E-state index in [0.717, 1.165) is 18.8 Å². The molecule has 1 aliphatic rings. The average molecular weight is 262 g/mol. The molecular formula is C16H26N2O. The van der Waals surface area contributed by atoms with Gasteiger partial charge in [-0.05, 0) is 57.0 Å². The highest BCUT2D eigenvalue weighted by molar-refractivity contribution is 5.50. The van der Waals surface area contributed by atoms with Crippen molar-refractivity contribution in [3.05, 3.63) is 24.3 Å². The maximum Gasteiger partial charge on any atom is 0.119 e. The van der Waals surface area contributed by atoms with Crippen LogP contribution in [0.3, 0.4) is 0 Å². The first-order valence-electron chi connectivity index (χ1n) is 7.38. The molecule has 2 atom stereocenters. The number of methoxy groups -OCH3 is 1. The molecule has 0 saturated carbocycles. The Balaban J connectivity index is 1.94. The third kappa shape index (κ3) is 3.63. The van der Waals surface area contributed by atoms with Crippen molar-refractivity contribution >= 4 is 5.69 Å². The molecule has 19 heavy (non-hydrogen) atoms. The van der Waals surface area contributed by atoms with Gasteiger partial charge in [0.2, 0.25) is 0 Å². The van der Waals surface area contributed by atoms with E-state index in [0.29, 0.717) is 12.1 Å². The lowest BCUT2D eigenvalue weighted by Gasteiger charge is -2.39. The summed E-state index contributed by atoms with van der Waals surface area (Å²) < 4.78 is 5.22. The van der Waals surface area contributed by atoms with Crippen molar-refractivity contribution in [3.63, 3.8) is 0 Å². The number of piperidine rings is 1. The highest BCUT2D eigenvalue weighted by Gasteiger charge is 2.24. The fraction of sp³-hybridized carbons (Fsp3) is 0.625. The van der Waals surface area contributed by atoms with Crippen LogP contribution in [0.5, 0.6) is 5.75 Å². The van der Waals surface area contributed by atoms with Gasteiger partial charge < -0.3 is 15.0 Å². The first-order chi connectivity index (χ1) is 9.24. The van der Waals surface area contributed by atoms with Crippen LogP contribution in [0.1, 0.15) is 33.1 Å². The van der Waals surface area contributed by atoms with Gasteiger partial charge in [-0.2, -0.15) is 0 Å². The standard InChI is InChI=1S/C16H26N2O/c1-4-10-17-14-9-11-18(13(2)12-14)15-5-7-16(19-3)8-6-15/h5-8,13-14,17H,4,9-12H2,1-3H3. The Morgan fingerprint density at radius 2 is 2.05 bits per heavy atom. The van der Waals surface area contributed by atoms with Crippen LogP contribution in [0.4, 0.5) is 5.69 Å². The Hall–Kier alpha value is -1.22. The monoisotopic (exact) mass is 262 g/mol. The molecule has 1 N–H and O–H groups in total. The van der Waals surface area contributed by atoms with Crippen LogP contribution < -0.4 is 15.0 Å². The summed E-state index contributed by atoms with van der Waals surface area (Å²) in [6.45, 7) is 6.82. The quantitative estimate of drug-likeness (QED) is 0.882. The maximum atomic E-state index is 5.22. The molecule has 0 spiro atoms. The molecule has 2 unspecified atom stereocenters. The third-order valence-electron chi connectivity index (χ3n) is 3.96. The van der Waals surface area contributed by atoms with Crippen LogP contribution in [-0.2, 0) is 0 Å². The van der Waals surface area contributed by atoms with Crippen molar-refractivity contribution < 1.29 is 4.74 Å². The van der Waals surface area contributed by atoms with Gasteiger partial charge in [-0.3, -0.25) is 0 Å². The van der Waals surface area contributed by atoms with Gasteiger partial charge in [0.15, 0.2) is 0 Å². The topological polar surface area (TPSA) is 24.5 Å². The number of anilines is 1. The van der Waals surface area contributed by atoms with Gasteiger partial charge in [-0.1, -0.05) is 6.92 Å². The lowest BCUT2D eigenvalue weighted by Crippen LogP contribution is -2.47. The van der Waals surface area contributed by atoms with E-state index in [1.807, 2.05) is 12.1 Å². The molecule has 0 aliphatic carbocycles. The molecule has 0 amide bonds. The molecule has 1 saturated heterocycles. The summed E-state index contributed by atoms with van der Waals surface area (Å²) >= 11 is 0. The summed E-state index contributed by atoms with van der Waals surface area (Å²) in [5, 5.41) is 3.65. The van der Waals surface area contributed by atoms with E-state index in [1.165, 1.54) is 24.9 Å². The molecular weight excluding hydrogens is 236 g/mol. The van der Waals surface area contributed by atoms with Crippen molar-refractivity contribution in [3.8, 4) is 5.75 Å². The average Bonchev–Trinajstić information content (AvgIpc) is 2.45. The maximum absolute atomic E-state index is 5.22. The first-order valence-corrected chi connectivity index (χ1v) is 7.38. The second kappa shape index (κ2) is 6.80. The van der Waals surface area contributed by atoms with E-state index in [1.54, 1.807) is 7.11 Å². The fourth-order valence-electron chi connectivity index (χ4n) is 2.86. The van der Waals surface area contributed by atoms with Crippen LogP contribution in [0.15, 0.2) is 24.3 Å². The smallest absolute Gasteiger partial charge is 0.119 e. The molecule has 0 radical (unpaired) electrons. The van der Waals surface area contributed by atoms with Gasteiger partial charge in [0.25, 0.3) is 0 Å². The molecule has 1 fully saturated rings. The molecule has 3 heteroatoms.